The normalized spacial score (nSPS) is 10.0. The van der Waals surface area contributed by atoms with Crippen molar-refractivity contribution in [2.45, 2.75) is 6.61 Å². The zero-order chi connectivity index (χ0) is 13.7. The third kappa shape index (κ3) is 3.79. The van der Waals surface area contributed by atoms with E-state index in [1.54, 1.807) is 25.3 Å². The summed E-state index contributed by atoms with van der Waals surface area (Å²) in [7, 11) is 1.59. The van der Waals surface area contributed by atoms with Gasteiger partial charge in [-0.3, -0.25) is 0 Å². The Kier molecular flexibility index (Phi) is 4.52. The highest BCUT2D eigenvalue weighted by atomic mass is 79.9. The van der Waals surface area contributed by atoms with Crippen LogP contribution in [-0.4, -0.2) is 18.1 Å². The Bertz CT molecular complexity index is 586. The fraction of sp³-hybridized carbons (Fsp3) is 0.143. The van der Waals surface area contributed by atoms with Crippen LogP contribution in [0.25, 0.3) is 0 Å². The Morgan fingerprint density at radius 1 is 1.26 bits per heavy atom. The minimum absolute atomic E-state index is 0.185. The number of rotatable bonds is 4. The minimum atomic E-state index is -0.455. The number of ether oxygens (including phenoxy) is 2. The molecule has 4 nitrogen and oxygen atoms in total. The van der Waals surface area contributed by atoms with Crippen molar-refractivity contribution >= 4 is 21.9 Å². The number of nitrogens with zero attached hydrogens (tertiary/aromatic N) is 1. The first-order chi connectivity index (χ1) is 9.19. The van der Waals surface area contributed by atoms with E-state index < -0.39 is 5.97 Å². The van der Waals surface area contributed by atoms with E-state index in [2.05, 4.69) is 20.9 Å². The van der Waals surface area contributed by atoms with Crippen LogP contribution in [0.3, 0.4) is 0 Å². The Morgan fingerprint density at radius 2 is 2.05 bits per heavy atom. The van der Waals surface area contributed by atoms with Gasteiger partial charge in [0.05, 0.1) is 7.11 Å². The van der Waals surface area contributed by atoms with Gasteiger partial charge in [-0.1, -0.05) is 18.2 Å². The molecule has 0 spiro atoms. The number of benzene rings is 1. The van der Waals surface area contributed by atoms with E-state index in [0.29, 0.717) is 4.60 Å². The molecular formula is C14H12BrNO3. The molecular weight excluding hydrogens is 310 g/mol. The lowest BCUT2D eigenvalue weighted by molar-refractivity contribution is 0.0465. The third-order valence-corrected chi connectivity index (χ3v) is 2.87. The minimum Gasteiger partial charge on any atom is -0.497 e. The molecule has 0 atom stereocenters. The number of hydrogen-bond acceptors (Lipinski definition) is 4. The summed E-state index contributed by atoms with van der Waals surface area (Å²) >= 11 is 3.21. The number of aromatic nitrogens is 1. The van der Waals surface area contributed by atoms with Gasteiger partial charge in [-0.25, -0.2) is 9.78 Å². The topological polar surface area (TPSA) is 48.4 Å². The Balaban J connectivity index is 2.00. The first-order valence-electron chi connectivity index (χ1n) is 5.61. The number of esters is 1. The molecule has 0 aliphatic heterocycles. The molecule has 0 fully saturated rings. The molecule has 0 unspecified atom stereocenters. The van der Waals surface area contributed by atoms with Crippen molar-refractivity contribution in [3.8, 4) is 5.75 Å². The average Bonchev–Trinajstić information content (AvgIpc) is 2.45. The summed E-state index contributed by atoms with van der Waals surface area (Å²) in [5, 5.41) is 0. The highest BCUT2D eigenvalue weighted by Gasteiger charge is 2.09. The van der Waals surface area contributed by atoms with Crippen molar-refractivity contribution in [2.24, 2.45) is 0 Å². The summed E-state index contributed by atoms with van der Waals surface area (Å²) in [5.74, 6) is 0.276. The van der Waals surface area contributed by atoms with Crippen LogP contribution in [0, 0.1) is 0 Å². The van der Waals surface area contributed by atoms with Gasteiger partial charge in [-0.15, -0.1) is 0 Å². The second-order valence-electron chi connectivity index (χ2n) is 3.77. The molecule has 1 aromatic heterocycles. The maximum Gasteiger partial charge on any atom is 0.357 e. The molecule has 0 radical (unpaired) electrons. The summed E-state index contributed by atoms with van der Waals surface area (Å²) < 4.78 is 10.9. The van der Waals surface area contributed by atoms with Gasteiger partial charge in [0.15, 0.2) is 0 Å². The number of methoxy groups -OCH3 is 1. The lowest BCUT2D eigenvalue weighted by Crippen LogP contribution is -2.07. The van der Waals surface area contributed by atoms with Crippen LogP contribution < -0.4 is 4.74 Å². The lowest BCUT2D eigenvalue weighted by Gasteiger charge is -2.06. The van der Waals surface area contributed by atoms with Crippen LogP contribution in [-0.2, 0) is 11.3 Å². The second-order valence-corrected chi connectivity index (χ2v) is 4.59. The van der Waals surface area contributed by atoms with Crippen molar-refractivity contribution in [2.75, 3.05) is 7.11 Å². The van der Waals surface area contributed by atoms with E-state index in [1.807, 2.05) is 24.3 Å². The quantitative estimate of drug-likeness (QED) is 0.641. The highest BCUT2D eigenvalue weighted by Crippen LogP contribution is 2.14. The van der Waals surface area contributed by atoms with Crippen LogP contribution in [0.15, 0.2) is 47.1 Å². The molecule has 0 aliphatic rings. The Morgan fingerprint density at radius 3 is 2.79 bits per heavy atom. The molecule has 5 heteroatoms. The van der Waals surface area contributed by atoms with E-state index in [4.69, 9.17) is 9.47 Å². The van der Waals surface area contributed by atoms with Crippen molar-refractivity contribution in [3.05, 3.63) is 58.3 Å². The number of hydrogen-bond donors (Lipinski definition) is 0. The van der Waals surface area contributed by atoms with Crippen molar-refractivity contribution in [1.29, 1.82) is 0 Å². The standard InChI is InChI=1S/C14H12BrNO3/c1-18-11-5-2-4-10(8-11)9-19-14(17)12-6-3-7-13(15)16-12/h2-8H,9H2,1H3. The van der Waals surface area contributed by atoms with E-state index in [-0.39, 0.29) is 12.3 Å². The van der Waals surface area contributed by atoms with Crippen LogP contribution in [0.4, 0.5) is 0 Å². The zero-order valence-corrected chi connectivity index (χ0v) is 11.9. The molecule has 0 N–H and O–H groups in total. The molecule has 2 rings (SSSR count). The summed E-state index contributed by atoms with van der Waals surface area (Å²) in [6.45, 7) is 0.185. The zero-order valence-electron chi connectivity index (χ0n) is 10.3. The van der Waals surface area contributed by atoms with Gasteiger partial charge in [0, 0.05) is 0 Å². The number of carbonyl (C=O) groups excluding carboxylic acids is 1. The van der Waals surface area contributed by atoms with Crippen LogP contribution in [0.5, 0.6) is 5.75 Å². The predicted octanol–water partition coefficient (Wildman–Crippen LogP) is 3.21. The molecule has 19 heavy (non-hydrogen) atoms. The third-order valence-electron chi connectivity index (χ3n) is 2.43. The largest absolute Gasteiger partial charge is 0.497 e. The van der Waals surface area contributed by atoms with Crippen LogP contribution >= 0.6 is 15.9 Å². The number of pyridine rings is 1. The molecule has 98 valence electrons. The summed E-state index contributed by atoms with van der Waals surface area (Å²) in [6.07, 6.45) is 0. The van der Waals surface area contributed by atoms with Gasteiger partial charge in [0.1, 0.15) is 22.7 Å². The van der Waals surface area contributed by atoms with Gasteiger partial charge in [0.2, 0.25) is 0 Å². The van der Waals surface area contributed by atoms with E-state index in [0.717, 1.165) is 11.3 Å². The summed E-state index contributed by atoms with van der Waals surface area (Å²) in [5.41, 5.74) is 1.14. The van der Waals surface area contributed by atoms with E-state index in [9.17, 15) is 4.79 Å². The molecule has 1 aromatic carbocycles. The van der Waals surface area contributed by atoms with Gasteiger partial charge in [0.25, 0.3) is 0 Å². The first-order valence-corrected chi connectivity index (χ1v) is 6.41. The van der Waals surface area contributed by atoms with Gasteiger partial charge >= 0.3 is 5.97 Å². The highest BCUT2D eigenvalue weighted by molar-refractivity contribution is 9.10. The Labute approximate surface area is 119 Å². The molecule has 2 aromatic rings. The SMILES string of the molecule is COc1cccc(COC(=O)c2cccc(Br)n2)c1. The molecule has 0 bridgehead atoms. The summed E-state index contributed by atoms with van der Waals surface area (Å²) in [4.78, 5) is 15.8. The number of halogens is 1. The van der Waals surface area contributed by atoms with Crippen molar-refractivity contribution < 1.29 is 14.3 Å². The van der Waals surface area contributed by atoms with Crippen molar-refractivity contribution in [3.63, 3.8) is 0 Å². The maximum atomic E-state index is 11.8. The van der Waals surface area contributed by atoms with E-state index >= 15 is 0 Å². The van der Waals surface area contributed by atoms with Gasteiger partial charge < -0.3 is 9.47 Å². The summed E-state index contributed by atoms with van der Waals surface area (Å²) in [6, 6.07) is 12.5. The Hall–Kier alpha value is -1.88. The van der Waals surface area contributed by atoms with Gasteiger partial charge in [-0.2, -0.15) is 0 Å². The van der Waals surface area contributed by atoms with Crippen LogP contribution in [0.2, 0.25) is 0 Å². The average molecular weight is 322 g/mol. The second kappa shape index (κ2) is 6.33. The molecule has 0 saturated carbocycles. The fourth-order valence-electron chi connectivity index (χ4n) is 1.51. The predicted molar refractivity (Wildman–Crippen MR) is 74.1 cm³/mol. The monoisotopic (exact) mass is 321 g/mol. The molecule has 1 heterocycles. The van der Waals surface area contributed by atoms with Crippen LogP contribution in [0.1, 0.15) is 16.1 Å². The fourth-order valence-corrected chi connectivity index (χ4v) is 1.85. The lowest BCUT2D eigenvalue weighted by atomic mass is 10.2. The molecule has 0 saturated heterocycles. The maximum absolute atomic E-state index is 11.8. The first kappa shape index (κ1) is 13.5. The number of carbonyl (C=O) groups is 1. The molecule has 0 amide bonds. The molecule has 0 aliphatic carbocycles. The van der Waals surface area contributed by atoms with E-state index in [1.165, 1.54) is 0 Å². The van der Waals surface area contributed by atoms with Gasteiger partial charge in [-0.05, 0) is 45.8 Å². The smallest absolute Gasteiger partial charge is 0.357 e. The van der Waals surface area contributed by atoms with Crippen molar-refractivity contribution in [1.82, 2.24) is 4.98 Å².